The van der Waals surface area contributed by atoms with Crippen LogP contribution in [-0.2, 0) is 24.2 Å². The van der Waals surface area contributed by atoms with Crippen LogP contribution in [0.5, 0.6) is 0 Å². The maximum atomic E-state index is 13.3. The lowest BCUT2D eigenvalue weighted by molar-refractivity contribution is -0.134. The molecule has 0 radical (unpaired) electrons. The largest absolute Gasteiger partial charge is 0.366 e. The number of hydrogen-bond acceptors (Lipinski definition) is 6. The molecule has 3 aromatic rings. The Morgan fingerprint density at radius 2 is 1.97 bits per heavy atom. The van der Waals surface area contributed by atoms with Gasteiger partial charge in [-0.25, -0.2) is 0 Å². The lowest BCUT2D eigenvalue weighted by Crippen LogP contribution is -2.49. The van der Waals surface area contributed by atoms with Crippen LogP contribution in [-0.4, -0.2) is 56.8 Å². The number of hydrogen-bond donors (Lipinski definition) is 1. The van der Waals surface area contributed by atoms with Crippen molar-refractivity contribution in [1.82, 2.24) is 19.8 Å². The van der Waals surface area contributed by atoms with E-state index in [4.69, 9.17) is 5.73 Å². The van der Waals surface area contributed by atoms with E-state index in [2.05, 4.69) is 43.5 Å². The summed E-state index contributed by atoms with van der Waals surface area (Å²) in [5.74, 6) is -0.270. The standard InChI is InChI=1S/C27H33N5O2S/c1-20(6-7-25-24(27(28)34)5-3-12-30-25)31-13-8-23(9-14-31)32(18-22-10-15-35-19-22)26(33)16-21-4-2-11-29-17-21/h2-5,10-12,15,17,19-20,23H,6-9,13-14,16,18H2,1H3,(H2,28,34)/t20-/m1/s1. The molecule has 0 aromatic carbocycles. The molecule has 7 nitrogen and oxygen atoms in total. The second-order valence-electron chi connectivity index (χ2n) is 9.21. The molecule has 1 atom stereocenters. The summed E-state index contributed by atoms with van der Waals surface area (Å²) in [4.78, 5) is 38.1. The van der Waals surface area contributed by atoms with Crippen molar-refractivity contribution in [2.75, 3.05) is 13.1 Å². The van der Waals surface area contributed by atoms with Crippen molar-refractivity contribution in [1.29, 1.82) is 0 Å². The summed E-state index contributed by atoms with van der Waals surface area (Å²) in [5.41, 5.74) is 8.92. The number of carbonyl (C=O) groups is 2. The molecule has 0 spiro atoms. The van der Waals surface area contributed by atoms with E-state index in [9.17, 15) is 9.59 Å². The lowest BCUT2D eigenvalue weighted by Gasteiger charge is -2.41. The summed E-state index contributed by atoms with van der Waals surface area (Å²) in [6, 6.07) is 10.0. The number of aryl methyl sites for hydroxylation is 1. The van der Waals surface area contributed by atoms with Crippen molar-refractivity contribution in [2.24, 2.45) is 5.73 Å². The van der Waals surface area contributed by atoms with Gasteiger partial charge in [-0.2, -0.15) is 11.3 Å². The van der Waals surface area contributed by atoms with Crippen molar-refractivity contribution >= 4 is 23.2 Å². The third-order valence-corrected chi connectivity index (χ3v) is 7.58. The fourth-order valence-electron chi connectivity index (χ4n) is 4.81. The van der Waals surface area contributed by atoms with Crippen LogP contribution in [0, 0.1) is 0 Å². The summed E-state index contributed by atoms with van der Waals surface area (Å²) < 4.78 is 0. The van der Waals surface area contributed by atoms with Crippen LogP contribution in [0.3, 0.4) is 0 Å². The Hall–Kier alpha value is -3.10. The smallest absolute Gasteiger partial charge is 0.250 e. The molecular formula is C27H33N5O2S. The van der Waals surface area contributed by atoms with Crippen LogP contribution in [0.4, 0.5) is 0 Å². The Bertz CT molecular complexity index is 1100. The normalized spacial score (nSPS) is 15.6. The van der Waals surface area contributed by atoms with E-state index in [-0.39, 0.29) is 11.9 Å². The molecule has 3 aromatic heterocycles. The maximum absolute atomic E-state index is 13.3. The van der Waals surface area contributed by atoms with Crippen molar-refractivity contribution in [3.8, 4) is 0 Å². The Kier molecular flexibility index (Phi) is 8.60. The Labute approximate surface area is 211 Å². The van der Waals surface area contributed by atoms with E-state index in [0.717, 1.165) is 43.6 Å². The topological polar surface area (TPSA) is 92.4 Å². The number of nitrogens with zero attached hydrogens (tertiary/aromatic N) is 4. The van der Waals surface area contributed by atoms with Gasteiger partial charge >= 0.3 is 0 Å². The van der Waals surface area contributed by atoms with Gasteiger partial charge in [0.2, 0.25) is 5.91 Å². The van der Waals surface area contributed by atoms with E-state index in [1.807, 2.05) is 12.1 Å². The molecule has 2 amide bonds. The molecule has 4 rings (SSSR count). The Morgan fingerprint density at radius 3 is 2.66 bits per heavy atom. The van der Waals surface area contributed by atoms with Crippen LogP contribution in [0.1, 0.15) is 53.4 Å². The minimum absolute atomic E-state index is 0.157. The van der Waals surface area contributed by atoms with Gasteiger partial charge in [0, 0.05) is 50.3 Å². The average Bonchev–Trinajstić information content (AvgIpc) is 3.40. The highest BCUT2D eigenvalue weighted by atomic mass is 32.1. The van der Waals surface area contributed by atoms with Gasteiger partial charge in [-0.15, -0.1) is 0 Å². The number of amides is 2. The molecule has 0 unspecified atom stereocenters. The SMILES string of the molecule is C[C@H](CCc1ncccc1C(N)=O)N1CCC(N(Cc2ccsc2)C(=O)Cc2cccnc2)CC1. The molecule has 0 aliphatic carbocycles. The van der Waals surface area contributed by atoms with Crippen LogP contribution in [0.25, 0.3) is 0 Å². The van der Waals surface area contributed by atoms with Crippen LogP contribution in [0.2, 0.25) is 0 Å². The van der Waals surface area contributed by atoms with Gasteiger partial charge in [-0.3, -0.25) is 19.6 Å². The number of likely N-dealkylation sites (tertiary alicyclic amines) is 1. The van der Waals surface area contributed by atoms with Gasteiger partial charge in [0.15, 0.2) is 0 Å². The molecular weight excluding hydrogens is 458 g/mol. The average molecular weight is 492 g/mol. The molecule has 0 bridgehead atoms. The predicted molar refractivity (Wildman–Crippen MR) is 138 cm³/mol. The highest BCUT2D eigenvalue weighted by Crippen LogP contribution is 2.24. The zero-order valence-corrected chi connectivity index (χ0v) is 21.0. The van der Waals surface area contributed by atoms with E-state index < -0.39 is 5.91 Å². The quantitative estimate of drug-likeness (QED) is 0.467. The van der Waals surface area contributed by atoms with Crippen LogP contribution < -0.4 is 5.73 Å². The molecule has 1 aliphatic rings. The monoisotopic (exact) mass is 491 g/mol. The second-order valence-corrected chi connectivity index (χ2v) is 9.99. The third-order valence-electron chi connectivity index (χ3n) is 6.85. The summed E-state index contributed by atoms with van der Waals surface area (Å²) in [6.45, 7) is 4.76. The number of piperidine rings is 1. The second kappa shape index (κ2) is 12.0. The van der Waals surface area contributed by atoms with Crippen LogP contribution in [0.15, 0.2) is 59.7 Å². The van der Waals surface area contributed by atoms with Gasteiger partial charge in [-0.05, 0) is 78.8 Å². The number of nitrogens with two attached hydrogens (primary N) is 1. The minimum atomic E-state index is -0.428. The number of thiophene rings is 1. The van der Waals surface area contributed by atoms with Crippen molar-refractivity contribution in [2.45, 2.75) is 57.7 Å². The predicted octanol–water partition coefficient (Wildman–Crippen LogP) is 3.69. The van der Waals surface area contributed by atoms with Crippen LogP contribution >= 0.6 is 11.3 Å². The Morgan fingerprint density at radius 1 is 1.17 bits per heavy atom. The van der Waals surface area contributed by atoms with E-state index >= 15 is 0 Å². The van der Waals surface area contributed by atoms with Gasteiger partial charge in [0.05, 0.1) is 17.7 Å². The zero-order valence-electron chi connectivity index (χ0n) is 20.2. The van der Waals surface area contributed by atoms with Gasteiger partial charge < -0.3 is 15.5 Å². The van der Waals surface area contributed by atoms with Crippen molar-refractivity contribution in [3.63, 3.8) is 0 Å². The van der Waals surface area contributed by atoms with Gasteiger partial charge in [0.1, 0.15) is 0 Å². The summed E-state index contributed by atoms with van der Waals surface area (Å²) in [6.07, 6.45) is 9.11. The molecule has 184 valence electrons. The molecule has 2 N–H and O–H groups in total. The number of aromatic nitrogens is 2. The van der Waals surface area contributed by atoms with Crippen molar-refractivity contribution in [3.05, 3.63) is 82.1 Å². The molecule has 1 aliphatic heterocycles. The fraction of sp³-hybridized carbons (Fsp3) is 0.407. The maximum Gasteiger partial charge on any atom is 0.250 e. The number of carbonyl (C=O) groups excluding carboxylic acids is 2. The van der Waals surface area contributed by atoms with Gasteiger partial charge in [0.25, 0.3) is 5.91 Å². The molecule has 8 heteroatoms. The summed E-state index contributed by atoms with van der Waals surface area (Å²) >= 11 is 1.66. The number of pyridine rings is 2. The third kappa shape index (κ3) is 6.74. The first-order chi connectivity index (χ1) is 17.0. The molecule has 1 saturated heterocycles. The fourth-order valence-corrected chi connectivity index (χ4v) is 5.47. The number of primary amides is 1. The summed E-state index contributed by atoms with van der Waals surface area (Å²) in [5, 5.41) is 4.19. The first kappa shape index (κ1) is 25.0. The minimum Gasteiger partial charge on any atom is -0.366 e. The Balaban J connectivity index is 1.35. The van der Waals surface area contributed by atoms with E-state index in [1.54, 1.807) is 42.1 Å². The molecule has 1 fully saturated rings. The molecule has 4 heterocycles. The number of rotatable bonds is 10. The highest BCUT2D eigenvalue weighted by Gasteiger charge is 2.30. The molecule has 35 heavy (non-hydrogen) atoms. The zero-order chi connectivity index (χ0) is 24.6. The van der Waals surface area contributed by atoms with Crippen molar-refractivity contribution < 1.29 is 9.59 Å². The highest BCUT2D eigenvalue weighted by molar-refractivity contribution is 7.07. The molecule has 0 saturated carbocycles. The van der Waals surface area contributed by atoms with E-state index in [1.165, 1.54) is 5.56 Å². The first-order valence-corrected chi connectivity index (χ1v) is 13.1. The first-order valence-electron chi connectivity index (χ1n) is 12.2. The van der Waals surface area contributed by atoms with Gasteiger partial charge in [-0.1, -0.05) is 6.07 Å². The summed E-state index contributed by atoms with van der Waals surface area (Å²) in [7, 11) is 0. The van der Waals surface area contributed by atoms with E-state index in [0.29, 0.717) is 31.0 Å². The lowest BCUT2D eigenvalue weighted by atomic mass is 9.98.